The van der Waals surface area contributed by atoms with Crippen molar-refractivity contribution in [2.75, 3.05) is 0 Å². The molecule has 2 nitrogen and oxygen atoms in total. The van der Waals surface area contributed by atoms with Crippen molar-refractivity contribution in [2.24, 2.45) is 0 Å². The second kappa shape index (κ2) is 26.8. The fourth-order valence-electron chi connectivity index (χ4n) is 5.80. The molecular formula is C35H69N2+. The Kier molecular flexibility index (Phi) is 24.8. The van der Waals surface area contributed by atoms with Crippen LogP contribution in [0.15, 0.2) is 12.4 Å². The molecule has 0 radical (unpaired) electrons. The zero-order chi connectivity index (χ0) is 26.7. The number of nitrogens with zero attached hydrogens (tertiary/aromatic N) is 2. The first-order valence-corrected chi connectivity index (χ1v) is 17.4. The van der Waals surface area contributed by atoms with Crippen LogP contribution in [0.5, 0.6) is 0 Å². The van der Waals surface area contributed by atoms with Gasteiger partial charge in [0.1, 0.15) is 12.4 Å². The molecule has 0 spiro atoms. The van der Waals surface area contributed by atoms with Crippen LogP contribution in [0.1, 0.15) is 194 Å². The zero-order valence-corrected chi connectivity index (χ0v) is 26.1. The maximum absolute atomic E-state index is 2.61. The van der Waals surface area contributed by atoms with Gasteiger partial charge >= 0.3 is 0 Å². The van der Waals surface area contributed by atoms with E-state index in [-0.39, 0.29) is 0 Å². The lowest BCUT2D eigenvalue weighted by atomic mass is 10.0. The van der Waals surface area contributed by atoms with E-state index in [2.05, 4.69) is 42.3 Å². The third-order valence-electron chi connectivity index (χ3n) is 8.35. The molecule has 2 heteroatoms. The van der Waals surface area contributed by atoms with E-state index in [9.17, 15) is 0 Å². The maximum Gasteiger partial charge on any atom is 0.256 e. The molecule has 1 aromatic rings. The normalized spacial score (nSPS) is 11.5. The van der Waals surface area contributed by atoms with Gasteiger partial charge in [-0.1, -0.05) is 156 Å². The van der Waals surface area contributed by atoms with Crippen molar-refractivity contribution in [1.82, 2.24) is 4.57 Å². The Hall–Kier alpha value is -0.790. The quantitative estimate of drug-likeness (QED) is 0.0737. The van der Waals surface area contributed by atoms with Crippen molar-refractivity contribution in [2.45, 2.75) is 207 Å². The molecule has 0 amide bonds. The molecule has 0 atom stereocenters. The lowest BCUT2D eigenvalue weighted by Gasteiger charge is -2.07. The molecule has 1 aromatic heterocycles. The molecule has 0 saturated carbocycles. The molecule has 1 heterocycles. The number of imidazole rings is 1. The van der Waals surface area contributed by atoms with Crippen LogP contribution in [0.25, 0.3) is 0 Å². The molecule has 37 heavy (non-hydrogen) atoms. The Morgan fingerprint density at radius 2 is 0.838 bits per heavy atom. The summed E-state index contributed by atoms with van der Waals surface area (Å²) in [6.45, 7) is 9.38. The molecule has 0 N–H and O–H groups in total. The van der Waals surface area contributed by atoms with E-state index in [0.717, 1.165) is 0 Å². The fraction of sp³-hybridized carbons (Fsp3) is 0.914. The van der Waals surface area contributed by atoms with Crippen molar-refractivity contribution in [3.8, 4) is 0 Å². The summed E-state index contributed by atoms with van der Waals surface area (Å²) in [6.07, 6.45) is 43.0. The van der Waals surface area contributed by atoms with Crippen LogP contribution in [0.2, 0.25) is 0 Å². The van der Waals surface area contributed by atoms with E-state index < -0.39 is 0 Å². The van der Waals surface area contributed by atoms with Crippen molar-refractivity contribution in [1.29, 1.82) is 0 Å². The van der Waals surface area contributed by atoms with Gasteiger partial charge in [-0.15, -0.1) is 0 Å². The van der Waals surface area contributed by atoms with Crippen LogP contribution >= 0.6 is 0 Å². The topological polar surface area (TPSA) is 8.81 Å². The first-order valence-electron chi connectivity index (χ1n) is 17.4. The zero-order valence-electron chi connectivity index (χ0n) is 26.1. The third kappa shape index (κ3) is 19.9. The van der Waals surface area contributed by atoms with E-state index in [4.69, 9.17) is 0 Å². The molecule has 0 fully saturated rings. The number of unbranched alkanes of at least 4 members (excludes halogenated alkanes) is 23. The monoisotopic (exact) mass is 518 g/mol. The average molecular weight is 518 g/mol. The first kappa shape index (κ1) is 34.2. The number of hydrogen-bond acceptors (Lipinski definition) is 0. The third-order valence-corrected chi connectivity index (χ3v) is 8.35. The van der Waals surface area contributed by atoms with Crippen molar-refractivity contribution >= 4 is 0 Å². The minimum atomic E-state index is 1.22. The summed E-state index contributed by atoms with van der Waals surface area (Å²) in [4.78, 5) is 0. The number of hydrogen-bond donors (Lipinski definition) is 0. The van der Waals surface area contributed by atoms with Gasteiger partial charge in [-0.3, -0.25) is 0 Å². The first-order chi connectivity index (χ1) is 18.3. The lowest BCUT2D eigenvalue weighted by Crippen LogP contribution is -2.37. The molecular weight excluding hydrogens is 448 g/mol. The average Bonchev–Trinajstić information content (AvgIpc) is 3.29. The Morgan fingerprint density at radius 3 is 1.30 bits per heavy atom. The summed E-state index contributed by atoms with van der Waals surface area (Å²) >= 11 is 0. The molecule has 218 valence electrons. The van der Waals surface area contributed by atoms with E-state index >= 15 is 0 Å². The Bertz CT molecular complexity index is 576. The van der Waals surface area contributed by atoms with Crippen molar-refractivity contribution in [3.05, 3.63) is 18.2 Å². The largest absolute Gasteiger partial charge is 0.256 e. The highest BCUT2D eigenvalue weighted by molar-refractivity contribution is 4.84. The standard InChI is InChI=1S/C35H69N2/c1-4-7-10-13-14-15-16-17-18-19-20-21-22-23-26-29-32-37-34-33-36(31-28-25-12-9-6-3)35(37)30-27-24-11-8-5-2/h33-34H,4-32H2,1-3H3/q+1. The summed E-state index contributed by atoms with van der Waals surface area (Å²) < 4.78 is 5.20. The minimum absolute atomic E-state index is 1.22. The van der Waals surface area contributed by atoms with Crippen molar-refractivity contribution in [3.63, 3.8) is 0 Å². The predicted octanol–water partition coefficient (Wildman–Crippen LogP) is 11.5. The van der Waals surface area contributed by atoms with E-state index in [1.807, 2.05) is 0 Å². The van der Waals surface area contributed by atoms with E-state index in [1.165, 1.54) is 186 Å². The molecule has 0 bridgehead atoms. The summed E-state index contributed by atoms with van der Waals surface area (Å²) in [5.74, 6) is 1.60. The Balaban J connectivity index is 2.14. The van der Waals surface area contributed by atoms with Gasteiger partial charge in [-0.25, -0.2) is 9.13 Å². The summed E-state index contributed by atoms with van der Waals surface area (Å²) in [6, 6.07) is 0. The van der Waals surface area contributed by atoms with Gasteiger partial charge in [-0.05, 0) is 32.1 Å². The molecule has 1 rings (SSSR count). The molecule has 0 aromatic carbocycles. The van der Waals surface area contributed by atoms with Crippen LogP contribution in [0.4, 0.5) is 0 Å². The van der Waals surface area contributed by atoms with Gasteiger partial charge < -0.3 is 0 Å². The Morgan fingerprint density at radius 1 is 0.459 bits per heavy atom. The fourth-order valence-corrected chi connectivity index (χ4v) is 5.80. The second-order valence-corrected chi connectivity index (χ2v) is 12.0. The summed E-state index contributed by atoms with van der Waals surface area (Å²) in [7, 11) is 0. The summed E-state index contributed by atoms with van der Waals surface area (Å²) in [5.41, 5.74) is 0. The molecule has 0 aliphatic carbocycles. The molecule has 0 unspecified atom stereocenters. The van der Waals surface area contributed by atoms with Gasteiger partial charge in [0.2, 0.25) is 0 Å². The number of aryl methyl sites for hydroxylation is 2. The van der Waals surface area contributed by atoms with E-state index in [0.29, 0.717) is 0 Å². The molecule has 0 aliphatic heterocycles. The highest BCUT2D eigenvalue weighted by Gasteiger charge is 2.16. The number of rotatable bonds is 29. The van der Waals surface area contributed by atoms with Crippen LogP contribution in [0, 0.1) is 0 Å². The molecule has 0 saturated heterocycles. The van der Waals surface area contributed by atoms with Crippen molar-refractivity contribution < 1.29 is 4.57 Å². The SMILES string of the molecule is CCCCCCCCCCCCCCCCCCn1cc[n+](CCCCCCC)c1CCCCCCC. The van der Waals surface area contributed by atoms with Gasteiger partial charge in [0.25, 0.3) is 5.82 Å². The van der Waals surface area contributed by atoms with Gasteiger partial charge in [0.15, 0.2) is 0 Å². The second-order valence-electron chi connectivity index (χ2n) is 12.0. The Labute approximate surface area is 234 Å². The van der Waals surface area contributed by atoms with Crippen LogP contribution in [-0.4, -0.2) is 4.57 Å². The highest BCUT2D eigenvalue weighted by atomic mass is 15.1. The van der Waals surface area contributed by atoms with Gasteiger partial charge in [0.05, 0.1) is 13.1 Å². The van der Waals surface area contributed by atoms with E-state index in [1.54, 1.807) is 5.82 Å². The maximum atomic E-state index is 2.61. The minimum Gasteiger partial charge on any atom is -0.234 e. The smallest absolute Gasteiger partial charge is 0.234 e. The molecule has 0 aliphatic rings. The van der Waals surface area contributed by atoms with Gasteiger partial charge in [-0.2, -0.15) is 0 Å². The highest BCUT2D eigenvalue weighted by Crippen LogP contribution is 2.15. The lowest BCUT2D eigenvalue weighted by molar-refractivity contribution is -0.704. The van der Waals surface area contributed by atoms with Crippen LogP contribution in [-0.2, 0) is 19.5 Å². The predicted molar refractivity (Wildman–Crippen MR) is 165 cm³/mol. The van der Waals surface area contributed by atoms with Crippen LogP contribution < -0.4 is 4.57 Å². The van der Waals surface area contributed by atoms with Gasteiger partial charge in [0, 0.05) is 6.42 Å². The number of aromatic nitrogens is 2. The van der Waals surface area contributed by atoms with Crippen LogP contribution in [0.3, 0.4) is 0 Å². The summed E-state index contributed by atoms with van der Waals surface area (Å²) in [5, 5.41) is 0.